The molecule has 1 unspecified atom stereocenters. The summed E-state index contributed by atoms with van der Waals surface area (Å²) >= 11 is 0. The van der Waals surface area contributed by atoms with E-state index in [-0.39, 0.29) is 19.0 Å². The Labute approximate surface area is 140 Å². The van der Waals surface area contributed by atoms with E-state index in [0.29, 0.717) is 12.5 Å². The van der Waals surface area contributed by atoms with E-state index in [0.717, 1.165) is 11.3 Å². The van der Waals surface area contributed by atoms with Crippen molar-refractivity contribution in [2.24, 2.45) is 5.92 Å². The molecule has 1 saturated heterocycles. The number of carbonyl (C=O) groups excluding carboxylic acids is 1. The van der Waals surface area contributed by atoms with E-state index in [1.54, 1.807) is 0 Å². The van der Waals surface area contributed by atoms with Crippen LogP contribution in [0, 0.1) is 5.92 Å². The fraction of sp³-hybridized carbons (Fsp3) is 0.562. The van der Waals surface area contributed by atoms with Gasteiger partial charge < -0.3 is 10.1 Å². The molecule has 2 aliphatic rings. The normalized spacial score (nSPS) is 22.3. The van der Waals surface area contributed by atoms with Gasteiger partial charge in [-0.2, -0.15) is 0 Å². The van der Waals surface area contributed by atoms with Gasteiger partial charge in [0.05, 0.1) is 19.2 Å². The van der Waals surface area contributed by atoms with Gasteiger partial charge in [-0.25, -0.2) is 8.78 Å². The summed E-state index contributed by atoms with van der Waals surface area (Å²) in [6.07, 6.45) is 1.97. The maximum atomic E-state index is 13.1. The van der Waals surface area contributed by atoms with Crippen LogP contribution in [0.15, 0.2) is 24.3 Å². The highest BCUT2D eigenvalue weighted by Gasteiger charge is 2.42. The zero-order chi connectivity index (χ0) is 15.6. The van der Waals surface area contributed by atoms with Crippen LogP contribution in [0.4, 0.5) is 8.78 Å². The molecule has 128 valence electrons. The van der Waals surface area contributed by atoms with Crippen LogP contribution in [0.1, 0.15) is 24.8 Å². The van der Waals surface area contributed by atoms with E-state index >= 15 is 0 Å². The Morgan fingerprint density at radius 3 is 2.74 bits per heavy atom. The highest BCUT2D eigenvalue weighted by Crippen LogP contribution is 2.30. The standard InChI is InChI=1S/C16H20F2N2O2.ClH/c17-16(18)7-13(20-10-16)15(21)19-8-12-3-1-2-4-14(12)22-9-11-5-6-11;/h1-4,11,13,20H,5-10H2,(H,19,21);1H. The fourth-order valence-corrected chi connectivity index (χ4v) is 2.49. The van der Waals surface area contributed by atoms with E-state index in [1.807, 2.05) is 24.3 Å². The SMILES string of the molecule is Cl.O=C(NCc1ccccc1OCC1CC1)C1CC(F)(F)CN1. The third kappa shape index (κ3) is 5.04. The average molecular weight is 347 g/mol. The molecule has 1 aromatic carbocycles. The summed E-state index contributed by atoms with van der Waals surface area (Å²) < 4.78 is 32.0. The highest BCUT2D eigenvalue weighted by atomic mass is 35.5. The Kier molecular flexibility index (Phi) is 5.81. The first-order chi connectivity index (χ1) is 10.5. The third-order valence-electron chi connectivity index (χ3n) is 4.02. The van der Waals surface area contributed by atoms with Crippen LogP contribution in [-0.4, -0.2) is 31.0 Å². The lowest BCUT2D eigenvalue weighted by Gasteiger charge is -2.14. The predicted molar refractivity (Wildman–Crippen MR) is 85.1 cm³/mol. The number of hydrogen-bond donors (Lipinski definition) is 2. The van der Waals surface area contributed by atoms with Crippen molar-refractivity contribution in [1.29, 1.82) is 0 Å². The summed E-state index contributed by atoms with van der Waals surface area (Å²) in [6.45, 7) is 0.539. The van der Waals surface area contributed by atoms with Crippen LogP contribution in [0.3, 0.4) is 0 Å². The highest BCUT2D eigenvalue weighted by molar-refractivity contribution is 5.85. The molecule has 3 rings (SSSR count). The third-order valence-corrected chi connectivity index (χ3v) is 4.02. The number of benzene rings is 1. The molecule has 7 heteroatoms. The van der Waals surface area contributed by atoms with Gasteiger partial charge >= 0.3 is 0 Å². The number of nitrogens with one attached hydrogen (secondary N) is 2. The summed E-state index contributed by atoms with van der Waals surface area (Å²) in [5.41, 5.74) is 0.862. The molecule has 1 heterocycles. The number of rotatable bonds is 6. The van der Waals surface area contributed by atoms with Crippen molar-refractivity contribution in [2.45, 2.75) is 37.8 Å². The number of carbonyl (C=O) groups is 1. The van der Waals surface area contributed by atoms with Gasteiger partial charge in [0.2, 0.25) is 5.91 Å². The molecule has 1 atom stereocenters. The van der Waals surface area contributed by atoms with Crippen LogP contribution in [-0.2, 0) is 11.3 Å². The van der Waals surface area contributed by atoms with Gasteiger partial charge in [-0.05, 0) is 24.8 Å². The molecule has 0 spiro atoms. The fourth-order valence-electron chi connectivity index (χ4n) is 2.49. The second kappa shape index (κ2) is 7.45. The second-order valence-electron chi connectivity index (χ2n) is 6.07. The van der Waals surface area contributed by atoms with E-state index < -0.39 is 30.8 Å². The minimum atomic E-state index is -2.80. The number of amides is 1. The second-order valence-corrected chi connectivity index (χ2v) is 6.07. The van der Waals surface area contributed by atoms with Crippen LogP contribution in [0.2, 0.25) is 0 Å². The smallest absolute Gasteiger partial charge is 0.262 e. The van der Waals surface area contributed by atoms with Crippen LogP contribution in [0.5, 0.6) is 5.75 Å². The lowest BCUT2D eigenvalue weighted by Crippen LogP contribution is -2.40. The number of alkyl halides is 2. The quantitative estimate of drug-likeness (QED) is 0.832. The van der Waals surface area contributed by atoms with Crippen molar-refractivity contribution in [1.82, 2.24) is 10.6 Å². The molecule has 4 nitrogen and oxygen atoms in total. The molecule has 1 aromatic rings. The molecule has 1 aliphatic carbocycles. The summed E-state index contributed by atoms with van der Waals surface area (Å²) in [5.74, 6) is -1.80. The van der Waals surface area contributed by atoms with Crippen molar-refractivity contribution < 1.29 is 18.3 Å². The minimum absolute atomic E-state index is 0. The predicted octanol–water partition coefficient (Wildman–Crippen LogP) is 2.51. The monoisotopic (exact) mass is 346 g/mol. The Morgan fingerprint density at radius 1 is 1.35 bits per heavy atom. The van der Waals surface area contributed by atoms with Crippen molar-refractivity contribution >= 4 is 18.3 Å². The Hall–Kier alpha value is -1.40. The van der Waals surface area contributed by atoms with Gasteiger partial charge in [0.1, 0.15) is 5.75 Å². The van der Waals surface area contributed by atoms with Crippen LogP contribution >= 0.6 is 12.4 Å². The Morgan fingerprint density at radius 2 is 2.09 bits per heavy atom. The lowest BCUT2D eigenvalue weighted by atomic mass is 10.1. The topological polar surface area (TPSA) is 50.4 Å². The molecule has 1 aliphatic heterocycles. The first-order valence-corrected chi connectivity index (χ1v) is 7.63. The van der Waals surface area contributed by atoms with Gasteiger partial charge in [-0.3, -0.25) is 10.1 Å². The maximum Gasteiger partial charge on any atom is 0.262 e. The molecule has 1 amide bonds. The summed E-state index contributed by atoms with van der Waals surface area (Å²) in [5, 5.41) is 5.26. The van der Waals surface area contributed by atoms with Gasteiger partial charge in [-0.1, -0.05) is 18.2 Å². The molecular formula is C16H21ClF2N2O2. The van der Waals surface area contributed by atoms with Crippen LogP contribution < -0.4 is 15.4 Å². The Bertz CT molecular complexity index is 553. The summed E-state index contributed by atoms with van der Waals surface area (Å²) in [7, 11) is 0. The minimum Gasteiger partial charge on any atom is -0.493 e. The van der Waals surface area contributed by atoms with Gasteiger partial charge in [0.25, 0.3) is 5.92 Å². The summed E-state index contributed by atoms with van der Waals surface area (Å²) in [4.78, 5) is 11.9. The maximum absolute atomic E-state index is 13.1. The van der Waals surface area contributed by atoms with E-state index in [9.17, 15) is 13.6 Å². The number of ether oxygens (including phenoxy) is 1. The lowest BCUT2D eigenvalue weighted by molar-refractivity contribution is -0.123. The van der Waals surface area contributed by atoms with Crippen molar-refractivity contribution in [3.63, 3.8) is 0 Å². The molecule has 0 bridgehead atoms. The van der Waals surface area contributed by atoms with Gasteiger partial charge in [0.15, 0.2) is 0 Å². The van der Waals surface area contributed by atoms with Crippen molar-refractivity contribution in [3.05, 3.63) is 29.8 Å². The zero-order valence-electron chi connectivity index (χ0n) is 12.7. The van der Waals surface area contributed by atoms with E-state index in [1.165, 1.54) is 12.8 Å². The van der Waals surface area contributed by atoms with Crippen molar-refractivity contribution in [3.8, 4) is 5.75 Å². The van der Waals surface area contributed by atoms with E-state index in [2.05, 4.69) is 10.6 Å². The first-order valence-electron chi connectivity index (χ1n) is 7.63. The number of para-hydroxylation sites is 1. The molecule has 2 fully saturated rings. The van der Waals surface area contributed by atoms with Gasteiger partial charge in [0, 0.05) is 18.5 Å². The number of hydrogen-bond acceptors (Lipinski definition) is 3. The first kappa shape index (κ1) is 17.9. The molecule has 2 N–H and O–H groups in total. The number of halogens is 3. The average Bonchev–Trinajstić information content (AvgIpc) is 3.25. The zero-order valence-corrected chi connectivity index (χ0v) is 13.5. The van der Waals surface area contributed by atoms with Crippen LogP contribution in [0.25, 0.3) is 0 Å². The van der Waals surface area contributed by atoms with E-state index in [4.69, 9.17) is 4.74 Å². The van der Waals surface area contributed by atoms with Gasteiger partial charge in [-0.15, -0.1) is 12.4 Å². The summed E-state index contributed by atoms with van der Waals surface area (Å²) in [6, 6.07) is 6.67. The van der Waals surface area contributed by atoms with Crippen molar-refractivity contribution in [2.75, 3.05) is 13.2 Å². The molecule has 0 aromatic heterocycles. The molecule has 1 saturated carbocycles. The largest absolute Gasteiger partial charge is 0.493 e. The molecule has 23 heavy (non-hydrogen) atoms. The molecular weight excluding hydrogens is 326 g/mol. The molecule has 0 radical (unpaired) electrons. The Balaban J connectivity index is 0.00000192.